The number of fused-ring (bicyclic) bond motifs is 1. The van der Waals surface area contributed by atoms with Gasteiger partial charge in [-0.05, 0) is 45.0 Å². The summed E-state index contributed by atoms with van der Waals surface area (Å²) in [6, 6.07) is 7.36. The third kappa shape index (κ3) is 3.71. The molecule has 2 aliphatic heterocycles. The van der Waals surface area contributed by atoms with Crippen molar-refractivity contribution in [2.45, 2.75) is 38.4 Å². The molecule has 22 heavy (non-hydrogen) atoms. The van der Waals surface area contributed by atoms with E-state index in [0.717, 1.165) is 19.6 Å². The minimum atomic E-state index is -0.682. The molecule has 0 saturated carbocycles. The van der Waals surface area contributed by atoms with Crippen molar-refractivity contribution in [1.29, 1.82) is 0 Å². The van der Waals surface area contributed by atoms with Crippen molar-refractivity contribution in [1.82, 2.24) is 4.90 Å². The summed E-state index contributed by atoms with van der Waals surface area (Å²) in [5, 5.41) is 0. The van der Waals surface area contributed by atoms with Gasteiger partial charge in [-0.25, -0.2) is 4.79 Å². The van der Waals surface area contributed by atoms with Crippen LogP contribution in [0.1, 0.15) is 26.2 Å². The molecule has 1 saturated heterocycles. The molecule has 2 atom stereocenters. The Morgan fingerprint density at radius 1 is 1.27 bits per heavy atom. The molecule has 2 aliphatic rings. The van der Waals surface area contributed by atoms with E-state index >= 15 is 0 Å². The Bertz CT molecular complexity index is 513. The van der Waals surface area contributed by atoms with Crippen LogP contribution in [0.25, 0.3) is 0 Å². The van der Waals surface area contributed by atoms with Gasteiger partial charge >= 0.3 is 5.97 Å². The molecule has 0 N–H and O–H groups in total. The Morgan fingerprint density at radius 2 is 2.00 bits per heavy atom. The SMILES string of the molecule is C[C@H](CN1CCCCC1)OC(=O)[C@@H]1COc2ccccc2O1. The predicted octanol–water partition coefficient (Wildman–Crippen LogP) is 2.24. The van der Waals surface area contributed by atoms with Crippen molar-refractivity contribution >= 4 is 5.97 Å². The lowest BCUT2D eigenvalue weighted by Crippen LogP contribution is -2.42. The predicted molar refractivity (Wildman–Crippen MR) is 82.2 cm³/mol. The maximum Gasteiger partial charge on any atom is 0.351 e. The molecule has 120 valence electrons. The smallest absolute Gasteiger partial charge is 0.351 e. The molecule has 0 unspecified atom stereocenters. The highest BCUT2D eigenvalue weighted by molar-refractivity contribution is 5.76. The van der Waals surface area contributed by atoms with E-state index in [2.05, 4.69) is 4.90 Å². The summed E-state index contributed by atoms with van der Waals surface area (Å²) < 4.78 is 16.7. The van der Waals surface area contributed by atoms with Crippen LogP contribution in [0.15, 0.2) is 24.3 Å². The van der Waals surface area contributed by atoms with Gasteiger partial charge in [0.25, 0.3) is 0 Å². The van der Waals surface area contributed by atoms with Gasteiger partial charge < -0.3 is 14.2 Å². The van der Waals surface area contributed by atoms with Crippen LogP contribution < -0.4 is 9.47 Å². The molecule has 1 fully saturated rings. The topological polar surface area (TPSA) is 48.0 Å². The molecule has 0 amide bonds. The second-order valence-electron chi connectivity index (χ2n) is 5.97. The highest BCUT2D eigenvalue weighted by Crippen LogP contribution is 2.31. The zero-order valence-corrected chi connectivity index (χ0v) is 13.0. The van der Waals surface area contributed by atoms with Crippen LogP contribution >= 0.6 is 0 Å². The number of nitrogens with zero attached hydrogens (tertiary/aromatic N) is 1. The quantitative estimate of drug-likeness (QED) is 0.799. The molecule has 2 heterocycles. The first kappa shape index (κ1) is 15.2. The molecule has 5 nitrogen and oxygen atoms in total. The number of carbonyl (C=O) groups is 1. The fourth-order valence-electron chi connectivity index (χ4n) is 2.95. The van der Waals surface area contributed by atoms with Gasteiger partial charge in [0.1, 0.15) is 12.7 Å². The van der Waals surface area contributed by atoms with Crippen molar-refractivity contribution in [3.63, 3.8) is 0 Å². The number of carbonyl (C=O) groups excluding carboxylic acids is 1. The molecule has 1 aromatic rings. The van der Waals surface area contributed by atoms with Crippen LogP contribution in [-0.2, 0) is 9.53 Å². The molecular formula is C17H23NO4. The minimum Gasteiger partial charge on any atom is -0.485 e. The van der Waals surface area contributed by atoms with Gasteiger partial charge in [-0.15, -0.1) is 0 Å². The van der Waals surface area contributed by atoms with E-state index in [1.807, 2.05) is 25.1 Å². The van der Waals surface area contributed by atoms with Crippen molar-refractivity contribution in [3.05, 3.63) is 24.3 Å². The summed E-state index contributed by atoms with van der Waals surface area (Å²) in [6.45, 7) is 5.11. The Balaban J connectivity index is 1.49. The average Bonchev–Trinajstić information content (AvgIpc) is 2.55. The van der Waals surface area contributed by atoms with Crippen molar-refractivity contribution in [2.75, 3.05) is 26.2 Å². The molecule has 0 bridgehead atoms. The van der Waals surface area contributed by atoms with Crippen molar-refractivity contribution in [2.24, 2.45) is 0 Å². The molecule has 0 spiro atoms. The molecule has 0 aliphatic carbocycles. The van der Waals surface area contributed by atoms with Gasteiger partial charge in [-0.1, -0.05) is 18.6 Å². The van der Waals surface area contributed by atoms with Crippen molar-refractivity contribution < 1.29 is 19.0 Å². The van der Waals surface area contributed by atoms with E-state index in [0.29, 0.717) is 11.5 Å². The Morgan fingerprint density at radius 3 is 2.77 bits per heavy atom. The Hall–Kier alpha value is -1.75. The summed E-state index contributed by atoms with van der Waals surface area (Å²) >= 11 is 0. The summed E-state index contributed by atoms with van der Waals surface area (Å²) in [6.07, 6.45) is 2.95. The molecule has 1 aromatic carbocycles. The van der Waals surface area contributed by atoms with Gasteiger partial charge in [-0.2, -0.15) is 0 Å². The highest BCUT2D eigenvalue weighted by atomic mass is 16.6. The summed E-state index contributed by atoms with van der Waals surface area (Å²) in [5.41, 5.74) is 0. The monoisotopic (exact) mass is 305 g/mol. The van der Waals surface area contributed by atoms with Gasteiger partial charge in [-0.3, -0.25) is 4.90 Å². The molecule has 0 aromatic heterocycles. The molecule has 5 heteroatoms. The van der Waals surface area contributed by atoms with E-state index in [1.165, 1.54) is 19.3 Å². The fraction of sp³-hybridized carbons (Fsp3) is 0.588. The Labute approximate surface area is 131 Å². The minimum absolute atomic E-state index is 0.133. The third-order valence-corrected chi connectivity index (χ3v) is 4.05. The average molecular weight is 305 g/mol. The molecular weight excluding hydrogens is 282 g/mol. The van der Waals surface area contributed by atoms with Crippen LogP contribution in [0.5, 0.6) is 11.5 Å². The lowest BCUT2D eigenvalue weighted by atomic mass is 10.1. The maximum atomic E-state index is 12.2. The molecule has 0 radical (unpaired) electrons. The second-order valence-corrected chi connectivity index (χ2v) is 5.97. The van der Waals surface area contributed by atoms with Crippen LogP contribution in [0, 0.1) is 0 Å². The summed E-state index contributed by atoms with van der Waals surface area (Å²) in [7, 11) is 0. The van der Waals surface area contributed by atoms with Gasteiger partial charge in [0.15, 0.2) is 11.5 Å². The molecule has 3 rings (SSSR count). The van der Waals surface area contributed by atoms with Gasteiger partial charge in [0.2, 0.25) is 6.10 Å². The zero-order chi connectivity index (χ0) is 15.4. The first-order chi connectivity index (χ1) is 10.7. The normalized spacial score (nSPS) is 22.9. The number of ether oxygens (including phenoxy) is 3. The number of hydrogen-bond acceptors (Lipinski definition) is 5. The number of esters is 1. The Kier molecular flexibility index (Phi) is 4.83. The number of benzene rings is 1. The van der Waals surface area contributed by atoms with Crippen LogP contribution in [0.2, 0.25) is 0 Å². The van der Waals surface area contributed by atoms with E-state index in [9.17, 15) is 4.79 Å². The first-order valence-corrected chi connectivity index (χ1v) is 8.04. The van der Waals surface area contributed by atoms with E-state index in [-0.39, 0.29) is 18.7 Å². The largest absolute Gasteiger partial charge is 0.485 e. The third-order valence-electron chi connectivity index (χ3n) is 4.05. The number of hydrogen-bond donors (Lipinski definition) is 0. The lowest BCUT2D eigenvalue weighted by molar-refractivity contribution is -0.160. The maximum absolute atomic E-state index is 12.2. The number of likely N-dealkylation sites (tertiary alicyclic amines) is 1. The van der Waals surface area contributed by atoms with E-state index in [4.69, 9.17) is 14.2 Å². The summed E-state index contributed by atoms with van der Waals surface area (Å²) in [5.74, 6) is 0.923. The number of piperidine rings is 1. The standard InChI is InChI=1S/C17H23NO4/c1-13(11-18-9-5-2-6-10-18)21-17(19)16-12-20-14-7-3-4-8-15(14)22-16/h3-4,7-8,13,16H,2,5-6,9-12H2,1H3/t13-,16+/m1/s1. The zero-order valence-electron chi connectivity index (χ0n) is 13.0. The fourth-order valence-corrected chi connectivity index (χ4v) is 2.95. The van der Waals surface area contributed by atoms with E-state index < -0.39 is 6.10 Å². The van der Waals surface area contributed by atoms with Gasteiger partial charge in [0, 0.05) is 6.54 Å². The van der Waals surface area contributed by atoms with Gasteiger partial charge in [0.05, 0.1) is 0 Å². The lowest BCUT2D eigenvalue weighted by Gasteiger charge is -2.30. The first-order valence-electron chi connectivity index (χ1n) is 8.04. The number of rotatable bonds is 4. The van der Waals surface area contributed by atoms with Crippen LogP contribution in [0.4, 0.5) is 0 Å². The van der Waals surface area contributed by atoms with Crippen LogP contribution in [0.3, 0.4) is 0 Å². The second kappa shape index (κ2) is 7.01. The van der Waals surface area contributed by atoms with E-state index in [1.54, 1.807) is 6.07 Å². The summed E-state index contributed by atoms with van der Waals surface area (Å²) in [4.78, 5) is 14.6. The highest BCUT2D eigenvalue weighted by Gasteiger charge is 2.30. The number of para-hydroxylation sites is 2. The van der Waals surface area contributed by atoms with Crippen LogP contribution in [-0.4, -0.2) is 49.3 Å². The van der Waals surface area contributed by atoms with Crippen molar-refractivity contribution in [3.8, 4) is 11.5 Å².